The number of benzene rings is 2. The summed E-state index contributed by atoms with van der Waals surface area (Å²) < 4.78 is 12.6. The minimum absolute atomic E-state index is 0.186. The summed E-state index contributed by atoms with van der Waals surface area (Å²) in [7, 11) is 3.27. The summed E-state index contributed by atoms with van der Waals surface area (Å²) in [5, 5.41) is 2.93. The largest absolute Gasteiger partial charge is 0.497 e. The number of anilines is 1. The molecule has 0 unspecified atom stereocenters. The van der Waals surface area contributed by atoms with Gasteiger partial charge in [-0.25, -0.2) is 4.79 Å². The summed E-state index contributed by atoms with van der Waals surface area (Å²) >= 11 is 0. The molecule has 6 nitrogen and oxygen atoms in total. The first-order valence-electron chi connectivity index (χ1n) is 9.70. The number of nitrogens with zero attached hydrogens (tertiary/aromatic N) is 2. The fourth-order valence-electron chi connectivity index (χ4n) is 3.16. The first kappa shape index (κ1) is 21.0. The maximum Gasteiger partial charge on any atom is 0.322 e. The Balaban J connectivity index is 1.70. The van der Waals surface area contributed by atoms with E-state index in [4.69, 9.17) is 9.47 Å². The van der Waals surface area contributed by atoms with Gasteiger partial charge in [0.2, 0.25) is 0 Å². The maximum atomic E-state index is 12.8. The molecule has 0 aliphatic carbocycles. The standard InChI is InChI=1S/C24H27N3O3/c1-4-14-27(24(28)25-20-10-12-22(29-2)13-11-20)18-21-8-6-15-26(21)17-19-7-5-9-23(16-19)30-3/h4-13,15-16H,1,14,17-18H2,2-3H3,(H,25,28). The Kier molecular flexibility index (Phi) is 7.16. The summed E-state index contributed by atoms with van der Waals surface area (Å²) in [6.45, 7) is 5.39. The molecule has 0 aliphatic rings. The van der Waals surface area contributed by atoms with Gasteiger partial charge in [-0.15, -0.1) is 6.58 Å². The van der Waals surface area contributed by atoms with Crippen LogP contribution in [0.5, 0.6) is 11.5 Å². The molecule has 30 heavy (non-hydrogen) atoms. The molecule has 1 N–H and O–H groups in total. The fraction of sp³-hybridized carbons (Fsp3) is 0.208. The highest BCUT2D eigenvalue weighted by molar-refractivity contribution is 5.89. The van der Waals surface area contributed by atoms with Crippen LogP contribution < -0.4 is 14.8 Å². The Hall–Kier alpha value is -3.67. The van der Waals surface area contributed by atoms with Gasteiger partial charge < -0.3 is 24.3 Å². The number of rotatable bonds is 9. The number of nitrogens with one attached hydrogen (secondary N) is 1. The molecule has 0 radical (unpaired) electrons. The van der Waals surface area contributed by atoms with Crippen molar-refractivity contribution in [1.29, 1.82) is 0 Å². The van der Waals surface area contributed by atoms with Crippen molar-refractivity contribution in [2.45, 2.75) is 13.1 Å². The van der Waals surface area contributed by atoms with Crippen LogP contribution in [0.2, 0.25) is 0 Å². The molecule has 0 saturated heterocycles. The molecular formula is C24H27N3O3. The minimum atomic E-state index is -0.186. The van der Waals surface area contributed by atoms with Crippen molar-refractivity contribution < 1.29 is 14.3 Å². The Morgan fingerprint density at radius 2 is 1.83 bits per heavy atom. The van der Waals surface area contributed by atoms with Crippen LogP contribution >= 0.6 is 0 Å². The number of carbonyl (C=O) groups is 1. The van der Waals surface area contributed by atoms with E-state index >= 15 is 0 Å². The van der Waals surface area contributed by atoms with E-state index in [0.717, 1.165) is 22.8 Å². The molecule has 0 fully saturated rings. The molecular weight excluding hydrogens is 378 g/mol. The average Bonchev–Trinajstić information content (AvgIpc) is 3.20. The summed E-state index contributed by atoms with van der Waals surface area (Å²) in [5.74, 6) is 1.57. The third-order valence-corrected chi connectivity index (χ3v) is 4.74. The number of methoxy groups -OCH3 is 2. The minimum Gasteiger partial charge on any atom is -0.497 e. The number of aromatic nitrogens is 1. The van der Waals surface area contributed by atoms with Crippen LogP contribution in [-0.2, 0) is 13.1 Å². The molecule has 2 amide bonds. The van der Waals surface area contributed by atoms with E-state index in [-0.39, 0.29) is 6.03 Å². The number of urea groups is 1. The molecule has 0 bridgehead atoms. The number of ether oxygens (including phenoxy) is 2. The van der Waals surface area contributed by atoms with Gasteiger partial charge in [0.15, 0.2) is 0 Å². The molecule has 156 valence electrons. The molecule has 2 aromatic carbocycles. The van der Waals surface area contributed by atoms with Crippen molar-refractivity contribution in [3.8, 4) is 11.5 Å². The van der Waals surface area contributed by atoms with Crippen molar-refractivity contribution in [2.24, 2.45) is 0 Å². The molecule has 6 heteroatoms. The Morgan fingerprint density at radius 1 is 1.07 bits per heavy atom. The lowest BCUT2D eigenvalue weighted by Gasteiger charge is -2.23. The van der Waals surface area contributed by atoms with Crippen LogP contribution in [0.1, 0.15) is 11.3 Å². The number of carbonyl (C=O) groups excluding carboxylic acids is 1. The number of amides is 2. The lowest BCUT2D eigenvalue weighted by atomic mass is 10.2. The van der Waals surface area contributed by atoms with Crippen LogP contribution in [0.25, 0.3) is 0 Å². The zero-order valence-corrected chi connectivity index (χ0v) is 17.4. The summed E-state index contributed by atoms with van der Waals surface area (Å²) in [6.07, 6.45) is 3.74. The van der Waals surface area contributed by atoms with E-state index in [1.54, 1.807) is 25.2 Å². The third kappa shape index (κ3) is 5.44. The predicted molar refractivity (Wildman–Crippen MR) is 119 cm³/mol. The van der Waals surface area contributed by atoms with E-state index in [2.05, 4.69) is 22.5 Å². The second-order valence-corrected chi connectivity index (χ2v) is 6.81. The zero-order valence-electron chi connectivity index (χ0n) is 17.4. The van der Waals surface area contributed by atoms with E-state index in [1.165, 1.54) is 0 Å². The van der Waals surface area contributed by atoms with Gasteiger partial charge in [0.05, 0.1) is 20.8 Å². The topological polar surface area (TPSA) is 55.7 Å². The van der Waals surface area contributed by atoms with E-state index < -0.39 is 0 Å². The van der Waals surface area contributed by atoms with E-state index in [1.807, 2.05) is 60.8 Å². The first-order valence-corrected chi connectivity index (χ1v) is 9.70. The first-order chi connectivity index (χ1) is 14.6. The Bertz CT molecular complexity index is 979. The maximum absolute atomic E-state index is 12.8. The molecule has 0 atom stereocenters. The van der Waals surface area contributed by atoms with Crippen LogP contribution in [-0.4, -0.2) is 36.3 Å². The summed E-state index contributed by atoms with van der Waals surface area (Å²) in [5.41, 5.74) is 2.87. The van der Waals surface area contributed by atoms with Gasteiger partial charge in [-0.2, -0.15) is 0 Å². The Morgan fingerprint density at radius 3 is 2.53 bits per heavy atom. The van der Waals surface area contributed by atoms with Gasteiger partial charge >= 0.3 is 6.03 Å². The highest BCUT2D eigenvalue weighted by Crippen LogP contribution is 2.18. The van der Waals surface area contributed by atoms with Crippen molar-refractivity contribution >= 4 is 11.7 Å². The monoisotopic (exact) mass is 405 g/mol. The van der Waals surface area contributed by atoms with Crippen LogP contribution in [0.3, 0.4) is 0 Å². The highest BCUT2D eigenvalue weighted by Gasteiger charge is 2.15. The second kappa shape index (κ2) is 10.2. The highest BCUT2D eigenvalue weighted by atomic mass is 16.5. The van der Waals surface area contributed by atoms with Crippen LogP contribution in [0, 0.1) is 0 Å². The number of hydrogen-bond acceptors (Lipinski definition) is 3. The van der Waals surface area contributed by atoms with Gasteiger partial charge in [-0.05, 0) is 54.1 Å². The van der Waals surface area contributed by atoms with Gasteiger partial charge in [0.25, 0.3) is 0 Å². The summed E-state index contributed by atoms with van der Waals surface area (Å²) in [6, 6.07) is 19.1. The van der Waals surface area contributed by atoms with E-state index in [0.29, 0.717) is 25.3 Å². The molecule has 0 saturated carbocycles. The molecule has 3 aromatic rings. The third-order valence-electron chi connectivity index (χ3n) is 4.74. The molecule has 1 heterocycles. The lowest BCUT2D eigenvalue weighted by molar-refractivity contribution is 0.214. The number of hydrogen-bond donors (Lipinski definition) is 1. The molecule has 0 spiro atoms. The van der Waals surface area contributed by atoms with Crippen molar-refractivity contribution in [2.75, 3.05) is 26.1 Å². The van der Waals surface area contributed by atoms with E-state index in [9.17, 15) is 4.79 Å². The normalized spacial score (nSPS) is 10.3. The Labute approximate surface area is 177 Å². The van der Waals surface area contributed by atoms with Gasteiger partial charge in [0.1, 0.15) is 11.5 Å². The van der Waals surface area contributed by atoms with Gasteiger partial charge in [-0.3, -0.25) is 0 Å². The molecule has 3 rings (SSSR count). The molecule has 0 aliphatic heterocycles. The quantitative estimate of drug-likeness (QED) is 0.522. The second-order valence-electron chi connectivity index (χ2n) is 6.81. The van der Waals surface area contributed by atoms with Crippen molar-refractivity contribution in [1.82, 2.24) is 9.47 Å². The predicted octanol–water partition coefficient (Wildman–Crippen LogP) is 4.77. The SMILES string of the molecule is C=CCN(Cc1cccn1Cc1cccc(OC)c1)C(=O)Nc1ccc(OC)cc1. The fourth-order valence-corrected chi connectivity index (χ4v) is 3.16. The van der Waals surface area contributed by atoms with Crippen LogP contribution in [0.4, 0.5) is 10.5 Å². The van der Waals surface area contributed by atoms with Crippen molar-refractivity contribution in [3.63, 3.8) is 0 Å². The van der Waals surface area contributed by atoms with Crippen LogP contribution in [0.15, 0.2) is 79.5 Å². The lowest BCUT2D eigenvalue weighted by Crippen LogP contribution is -2.35. The van der Waals surface area contributed by atoms with Gasteiger partial charge in [-0.1, -0.05) is 18.2 Å². The summed E-state index contributed by atoms with van der Waals surface area (Å²) in [4.78, 5) is 14.6. The van der Waals surface area contributed by atoms with Crippen molar-refractivity contribution in [3.05, 3.63) is 90.8 Å². The zero-order chi connectivity index (χ0) is 21.3. The van der Waals surface area contributed by atoms with Gasteiger partial charge in [0, 0.05) is 30.7 Å². The smallest absolute Gasteiger partial charge is 0.322 e. The average molecular weight is 405 g/mol. The molecule has 1 aromatic heterocycles.